The van der Waals surface area contributed by atoms with Crippen molar-refractivity contribution < 1.29 is 23.8 Å². The second kappa shape index (κ2) is 7.96. The zero-order valence-electron chi connectivity index (χ0n) is 17.2. The van der Waals surface area contributed by atoms with Gasteiger partial charge in [0.25, 0.3) is 11.7 Å². The van der Waals surface area contributed by atoms with E-state index in [4.69, 9.17) is 20.8 Å². The van der Waals surface area contributed by atoms with Crippen molar-refractivity contribution in [3.63, 3.8) is 0 Å². The number of methoxy groups -OCH3 is 1. The van der Waals surface area contributed by atoms with E-state index in [-0.39, 0.29) is 11.3 Å². The van der Waals surface area contributed by atoms with Gasteiger partial charge in [0.15, 0.2) is 0 Å². The van der Waals surface area contributed by atoms with Gasteiger partial charge in [0, 0.05) is 11.3 Å². The van der Waals surface area contributed by atoms with Crippen LogP contribution < -0.4 is 9.64 Å². The van der Waals surface area contributed by atoms with Gasteiger partial charge in [-0.2, -0.15) is 0 Å². The highest BCUT2D eigenvalue weighted by Gasteiger charge is 2.48. The number of ketones is 1. The smallest absolute Gasteiger partial charge is 0.300 e. The molecule has 0 spiro atoms. The van der Waals surface area contributed by atoms with Crippen LogP contribution in [0.4, 0.5) is 5.69 Å². The van der Waals surface area contributed by atoms with Crippen molar-refractivity contribution in [2.45, 2.75) is 19.9 Å². The molecule has 158 valence electrons. The van der Waals surface area contributed by atoms with Crippen LogP contribution in [0, 0.1) is 13.8 Å². The summed E-state index contributed by atoms with van der Waals surface area (Å²) in [5.41, 5.74) is 2.66. The second-order valence-electron chi connectivity index (χ2n) is 7.32. The molecule has 7 heteroatoms. The molecule has 1 aliphatic rings. The molecule has 1 atom stereocenters. The summed E-state index contributed by atoms with van der Waals surface area (Å²) in [5.74, 6) is -1.17. The number of Topliss-reactive ketones (excluding diaryl/α,β-unsaturated/α-hetero) is 1. The van der Waals surface area contributed by atoms with Crippen LogP contribution in [-0.2, 0) is 9.59 Å². The van der Waals surface area contributed by atoms with Crippen LogP contribution in [0.3, 0.4) is 0 Å². The molecule has 2 aromatic carbocycles. The maximum Gasteiger partial charge on any atom is 0.300 e. The zero-order chi connectivity index (χ0) is 22.3. The summed E-state index contributed by atoms with van der Waals surface area (Å²) >= 11 is 6.09. The molecule has 0 bridgehead atoms. The van der Waals surface area contributed by atoms with Crippen LogP contribution in [0.5, 0.6) is 5.75 Å². The van der Waals surface area contributed by atoms with Crippen molar-refractivity contribution >= 4 is 34.7 Å². The maximum absolute atomic E-state index is 13.1. The van der Waals surface area contributed by atoms with Crippen molar-refractivity contribution in [2.75, 3.05) is 12.0 Å². The van der Waals surface area contributed by atoms with Crippen molar-refractivity contribution in [2.24, 2.45) is 0 Å². The van der Waals surface area contributed by atoms with Crippen LogP contribution >= 0.6 is 11.6 Å². The summed E-state index contributed by atoms with van der Waals surface area (Å²) in [4.78, 5) is 27.6. The van der Waals surface area contributed by atoms with E-state index in [0.717, 1.165) is 11.1 Å². The van der Waals surface area contributed by atoms with E-state index in [1.54, 1.807) is 30.3 Å². The lowest BCUT2D eigenvalue weighted by Crippen LogP contribution is -2.30. The van der Waals surface area contributed by atoms with Gasteiger partial charge < -0.3 is 14.3 Å². The lowest BCUT2D eigenvalue weighted by Gasteiger charge is -2.25. The van der Waals surface area contributed by atoms with Crippen LogP contribution in [-0.4, -0.2) is 23.9 Å². The fourth-order valence-corrected chi connectivity index (χ4v) is 4.03. The first-order chi connectivity index (χ1) is 14.8. The van der Waals surface area contributed by atoms with E-state index in [2.05, 4.69) is 0 Å². The number of carbonyl (C=O) groups is 2. The summed E-state index contributed by atoms with van der Waals surface area (Å²) in [6.45, 7) is 3.81. The van der Waals surface area contributed by atoms with Gasteiger partial charge >= 0.3 is 0 Å². The summed E-state index contributed by atoms with van der Waals surface area (Å²) < 4.78 is 10.8. The Morgan fingerprint density at radius 3 is 2.55 bits per heavy atom. The summed E-state index contributed by atoms with van der Waals surface area (Å²) in [5, 5.41) is 11.5. The normalized spacial score (nSPS) is 17.9. The Morgan fingerprint density at radius 2 is 1.90 bits per heavy atom. The molecule has 0 saturated carbocycles. The van der Waals surface area contributed by atoms with Crippen LogP contribution in [0.25, 0.3) is 5.76 Å². The van der Waals surface area contributed by atoms with E-state index >= 15 is 0 Å². The summed E-state index contributed by atoms with van der Waals surface area (Å²) in [7, 11) is 1.45. The Hall–Kier alpha value is -3.51. The predicted octanol–water partition coefficient (Wildman–Crippen LogP) is 5.18. The quantitative estimate of drug-likeness (QED) is 0.345. The van der Waals surface area contributed by atoms with Gasteiger partial charge in [-0.25, -0.2) is 0 Å². The fourth-order valence-electron chi connectivity index (χ4n) is 3.84. The first kappa shape index (κ1) is 20.8. The fraction of sp³-hybridized carbons (Fsp3) is 0.167. The van der Waals surface area contributed by atoms with Crippen molar-refractivity contribution in [3.05, 3.63) is 87.8 Å². The number of furan rings is 1. The van der Waals surface area contributed by atoms with Gasteiger partial charge in [0.05, 0.1) is 24.0 Å². The minimum absolute atomic E-state index is 0.0655. The average Bonchev–Trinajstić information content (AvgIpc) is 3.36. The lowest BCUT2D eigenvalue weighted by molar-refractivity contribution is -0.132. The number of amides is 1. The third-order valence-corrected chi connectivity index (χ3v) is 5.61. The molecule has 1 fully saturated rings. The lowest BCUT2D eigenvalue weighted by atomic mass is 9.98. The number of halogens is 1. The number of ether oxygens (including phenoxy) is 1. The largest absolute Gasteiger partial charge is 0.507 e. The molecule has 1 amide bonds. The van der Waals surface area contributed by atoms with Gasteiger partial charge in [-0.05, 0) is 55.8 Å². The predicted molar refractivity (Wildman–Crippen MR) is 117 cm³/mol. The Labute approximate surface area is 184 Å². The molecule has 31 heavy (non-hydrogen) atoms. The highest BCUT2D eigenvalue weighted by molar-refractivity contribution is 6.51. The van der Waals surface area contributed by atoms with Crippen molar-refractivity contribution in [3.8, 4) is 5.75 Å². The van der Waals surface area contributed by atoms with Gasteiger partial charge in [0.2, 0.25) is 0 Å². The van der Waals surface area contributed by atoms with Gasteiger partial charge in [-0.15, -0.1) is 0 Å². The van der Waals surface area contributed by atoms with E-state index in [9.17, 15) is 14.7 Å². The molecule has 1 aromatic heterocycles. The minimum Gasteiger partial charge on any atom is -0.507 e. The Balaban J connectivity index is 1.94. The molecule has 1 aliphatic heterocycles. The maximum atomic E-state index is 13.1. The molecule has 0 aliphatic carbocycles. The van der Waals surface area contributed by atoms with E-state index in [1.165, 1.54) is 24.3 Å². The molecule has 1 unspecified atom stereocenters. The van der Waals surface area contributed by atoms with E-state index in [1.807, 2.05) is 26.0 Å². The molecular weight excluding hydrogens is 418 g/mol. The van der Waals surface area contributed by atoms with E-state index < -0.39 is 17.7 Å². The number of hydrogen-bond donors (Lipinski definition) is 1. The van der Waals surface area contributed by atoms with Crippen LogP contribution in [0.1, 0.15) is 28.5 Å². The van der Waals surface area contributed by atoms with Crippen LogP contribution in [0.2, 0.25) is 5.02 Å². The molecule has 3 aromatic rings. The molecule has 1 saturated heterocycles. The number of rotatable bonds is 4. The number of aliphatic hydroxyl groups is 1. The summed E-state index contributed by atoms with van der Waals surface area (Å²) in [6, 6.07) is 12.6. The standard InChI is InChI=1S/C24H20ClNO5/c1-13-6-9-17(14(2)11-13)26-21(18-5-4-10-31-18)20(23(28)24(26)29)22(27)15-7-8-16(25)19(12-15)30-3/h4-12,21,27H,1-3H3/b22-20-. The molecule has 2 heterocycles. The Kier molecular flexibility index (Phi) is 5.33. The Bertz CT molecular complexity index is 1210. The SMILES string of the molecule is COc1cc(/C(O)=C2/C(=O)C(=O)N(c3ccc(C)cc3C)C2c2ccco2)ccc1Cl. The van der Waals surface area contributed by atoms with Crippen LogP contribution in [0.15, 0.2) is 64.8 Å². The number of nitrogens with zero attached hydrogens (tertiary/aromatic N) is 1. The number of hydrogen-bond acceptors (Lipinski definition) is 5. The third-order valence-electron chi connectivity index (χ3n) is 5.29. The first-order valence-electron chi connectivity index (χ1n) is 9.59. The molecule has 6 nitrogen and oxygen atoms in total. The van der Waals surface area contributed by atoms with Gasteiger partial charge in [-0.1, -0.05) is 29.3 Å². The highest BCUT2D eigenvalue weighted by atomic mass is 35.5. The Morgan fingerprint density at radius 1 is 1.13 bits per heavy atom. The highest BCUT2D eigenvalue weighted by Crippen LogP contribution is 2.43. The molecule has 1 N–H and O–H groups in total. The molecule has 0 radical (unpaired) electrons. The minimum atomic E-state index is -0.918. The van der Waals surface area contributed by atoms with E-state index in [0.29, 0.717) is 27.8 Å². The number of anilines is 1. The number of benzene rings is 2. The monoisotopic (exact) mass is 437 g/mol. The van der Waals surface area contributed by atoms with Gasteiger partial charge in [-0.3, -0.25) is 14.5 Å². The number of aryl methyl sites for hydroxylation is 2. The van der Waals surface area contributed by atoms with Crippen molar-refractivity contribution in [1.29, 1.82) is 0 Å². The number of aliphatic hydroxyl groups excluding tert-OH is 1. The average molecular weight is 438 g/mol. The van der Waals surface area contributed by atoms with Crippen molar-refractivity contribution in [1.82, 2.24) is 0 Å². The second-order valence-corrected chi connectivity index (χ2v) is 7.73. The topological polar surface area (TPSA) is 80.0 Å². The number of carbonyl (C=O) groups excluding carboxylic acids is 2. The molecular formula is C24H20ClNO5. The van der Waals surface area contributed by atoms with Gasteiger partial charge in [0.1, 0.15) is 23.3 Å². The first-order valence-corrected chi connectivity index (χ1v) is 9.97. The summed E-state index contributed by atoms with van der Waals surface area (Å²) in [6.07, 6.45) is 1.46. The zero-order valence-corrected chi connectivity index (χ0v) is 17.9. The molecule has 4 rings (SSSR count). The third kappa shape index (κ3) is 3.49.